The summed E-state index contributed by atoms with van der Waals surface area (Å²) in [5, 5.41) is 4.25. The molecule has 0 fully saturated rings. The summed E-state index contributed by atoms with van der Waals surface area (Å²) in [6.07, 6.45) is 1.85. The van der Waals surface area contributed by atoms with Gasteiger partial charge in [0.1, 0.15) is 11.1 Å². The first-order valence-corrected chi connectivity index (χ1v) is 11.4. The molecule has 3 aromatic carbocycles. The van der Waals surface area contributed by atoms with Gasteiger partial charge in [0.25, 0.3) is 5.23 Å². The lowest BCUT2D eigenvalue weighted by Crippen LogP contribution is -2.16. The number of benzene rings is 3. The Morgan fingerprint density at radius 1 is 1.06 bits per heavy atom. The molecule has 32 heavy (non-hydrogen) atoms. The molecule has 4 rings (SSSR count). The van der Waals surface area contributed by atoms with Crippen molar-refractivity contribution in [3.05, 3.63) is 94.9 Å². The van der Waals surface area contributed by atoms with Gasteiger partial charge in [-0.1, -0.05) is 41.9 Å². The van der Waals surface area contributed by atoms with Gasteiger partial charge < -0.3 is 14.8 Å². The minimum absolute atomic E-state index is 0.103. The van der Waals surface area contributed by atoms with E-state index in [1.165, 1.54) is 17.8 Å². The van der Waals surface area contributed by atoms with Gasteiger partial charge in [0.2, 0.25) is 0 Å². The predicted octanol–water partition coefficient (Wildman–Crippen LogP) is 7.23. The highest BCUT2D eigenvalue weighted by Crippen LogP contribution is 2.34. The number of para-hydroxylation sites is 1. The third-order valence-corrected chi connectivity index (χ3v) is 5.66. The third kappa shape index (κ3) is 5.84. The van der Waals surface area contributed by atoms with Crippen molar-refractivity contribution in [2.24, 2.45) is 4.99 Å². The van der Waals surface area contributed by atoms with Crippen LogP contribution in [-0.2, 0) is 0 Å². The van der Waals surface area contributed by atoms with Crippen LogP contribution in [0.3, 0.4) is 0 Å². The summed E-state index contributed by atoms with van der Waals surface area (Å²) >= 11 is 7.43. The summed E-state index contributed by atoms with van der Waals surface area (Å²) in [6, 6.07) is 21.8. The van der Waals surface area contributed by atoms with Crippen molar-refractivity contribution in [2.45, 2.75) is 25.3 Å². The zero-order valence-electron chi connectivity index (χ0n) is 17.6. The minimum Gasteiger partial charge on any atom is -0.488 e. The second-order valence-electron chi connectivity index (χ2n) is 7.37. The van der Waals surface area contributed by atoms with Crippen LogP contribution in [0, 0.1) is 5.82 Å². The molecule has 1 aliphatic rings. The fourth-order valence-corrected chi connectivity index (χ4v) is 4.09. The van der Waals surface area contributed by atoms with Crippen molar-refractivity contribution < 1.29 is 13.9 Å². The Kier molecular flexibility index (Phi) is 7.02. The summed E-state index contributed by atoms with van der Waals surface area (Å²) in [5.74, 6) is 0.508. The molecule has 1 N–H and O–H groups in total. The van der Waals surface area contributed by atoms with Crippen LogP contribution in [0.4, 0.5) is 10.1 Å². The molecular formula is C25H22ClFN2O2S. The number of nitrogens with zero attached hydrogens (tertiary/aromatic N) is 1. The number of ether oxygens (including phenoxy) is 2. The van der Waals surface area contributed by atoms with E-state index in [4.69, 9.17) is 21.1 Å². The number of hydrogen-bond acceptors (Lipinski definition) is 5. The molecule has 0 saturated carbocycles. The number of halogens is 2. The lowest BCUT2D eigenvalue weighted by molar-refractivity contribution is 0.231. The fraction of sp³-hybridized carbons (Fsp3) is 0.160. The number of nitrogens with one attached hydrogen (secondary N) is 1. The van der Waals surface area contributed by atoms with E-state index in [0.29, 0.717) is 21.7 Å². The number of hydrogen-bond donors (Lipinski definition) is 1. The topological polar surface area (TPSA) is 42.8 Å². The van der Waals surface area contributed by atoms with Gasteiger partial charge in [-0.05, 0) is 73.6 Å². The molecule has 1 unspecified atom stereocenters. The highest BCUT2D eigenvalue weighted by molar-refractivity contribution is 8.14. The van der Waals surface area contributed by atoms with Crippen LogP contribution < -0.4 is 14.8 Å². The van der Waals surface area contributed by atoms with Gasteiger partial charge in [-0.2, -0.15) is 0 Å². The highest BCUT2D eigenvalue weighted by atomic mass is 35.5. The van der Waals surface area contributed by atoms with E-state index in [9.17, 15) is 4.39 Å². The normalized spacial score (nSPS) is 16.8. The second kappa shape index (κ2) is 10.1. The number of anilines is 1. The third-order valence-electron chi connectivity index (χ3n) is 4.43. The largest absolute Gasteiger partial charge is 0.488 e. The average Bonchev–Trinajstić information content (AvgIpc) is 3.12. The van der Waals surface area contributed by atoms with Crippen molar-refractivity contribution in [1.29, 1.82) is 0 Å². The molecule has 4 nitrogen and oxygen atoms in total. The van der Waals surface area contributed by atoms with Gasteiger partial charge in [0.15, 0.2) is 11.6 Å². The SMILES string of the molecule is CC(C)Oc1ccc(NC2SC(Oc3ccccc3)=N/C2=C\c2ccc(Cl)cc2)cc1F. The smallest absolute Gasteiger partial charge is 0.258 e. The summed E-state index contributed by atoms with van der Waals surface area (Å²) in [7, 11) is 0. The van der Waals surface area contributed by atoms with Crippen molar-refractivity contribution in [2.75, 3.05) is 5.32 Å². The van der Waals surface area contributed by atoms with Crippen LogP contribution in [0.2, 0.25) is 5.02 Å². The molecule has 1 atom stereocenters. The lowest BCUT2D eigenvalue weighted by Gasteiger charge is -2.16. The molecule has 164 valence electrons. The van der Waals surface area contributed by atoms with Crippen LogP contribution >= 0.6 is 23.4 Å². The lowest BCUT2D eigenvalue weighted by atomic mass is 10.2. The fourth-order valence-electron chi connectivity index (χ4n) is 3.02. The summed E-state index contributed by atoms with van der Waals surface area (Å²) in [6.45, 7) is 3.72. The van der Waals surface area contributed by atoms with E-state index in [-0.39, 0.29) is 17.2 Å². The molecule has 0 aromatic heterocycles. The van der Waals surface area contributed by atoms with Gasteiger partial charge in [-0.25, -0.2) is 9.38 Å². The van der Waals surface area contributed by atoms with Crippen molar-refractivity contribution in [3.8, 4) is 11.5 Å². The molecular weight excluding hydrogens is 447 g/mol. The molecule has 1 heterocycles. The van der Waals surface area contributed by atoms with Crippen LogP contribution in [0.25, 0.3) is 6.08 Å². The maximum Gasteiger partial charge on any atom is 0.258 e. The maximum absolute atomic E-state index is 14.5. The quantitative estimate of drug-likeness (QED) is 0.414. The summed E-state index contributed by atoms with van der Waals surface area (Å²) < 4.78 is 25.9. The number of thioether (sulfide) groups is 1. The van der Waals surface area contributed by atoms with E-state index in [1.807, 2.05) is 74.5 Å². The molecule has 0 bridgehead atoms. The standard InChI is InChI=1S/C25H22ClFN2O2S/c1-16(2)30-23-13-12-19(15-21(23)27)28-24-22(14-17-8-10-18(26)11-9-17)29-25(32-24)31-20-6-4-3-5-7-20/h3-16,24,28H,1-2H3/b22-14-. The van der Waals surface area contributed by atoms with Crippen LogP contribution in [0.1, 0.15) is 19.4 Å². The highest BCUT2D eigenvalue weighted by Gasteiger charge is 2.27. The molecule has 0 spiro atoms. The number of rotatable bonds is 6. The first-order chi connectivity index (χ1) is 15.5. The average molecular weight is 469 g/mol. The zero-order valence-corrected chi connectivity index (χ0v) is 19.2. The van der Waals surface area contributed by atoms with Gasteiger partial charge in [0.05, 0.1) is 11.8 Å². The van der Waals surface area contributed by atoms with Crippen molar-refractivity contribution in [3.63, 3.8) is 0 Å². The van der Waals surface area contributed by atoms with E-state index in [2.05, 4.69) is 10.3 Å². The minimum atomic E-state index is -0.420. The Balaban J connectivity index is 1.57. The van der Waals surface area contributed by atoms with E-state index in [0.717, 1.165) is 11.3 Å². The Hall–Kier alpha value is -2.96. The van der Waals surface area contributed by atoms with Gasteiger partial charge in [-0.3, -0.25) is 0 Å². The Bertz CT molecular complexity index is 1130. The van der Waals surface area contributed by atoms with Gasteiger partial charge >= 0.3 is 0 Å². The Labute approximate surface area is 196 Å². The maximum atomic E-state index is 14.5. The van der Waals surface area contributed by atoms with E-state index >= 15 is 0 Å². The molecule has 0 radical (unpaired) electrons. The molecule has 0 amide bonds. The second-order valence-corrected chi connectivity index (χ2v) is 8.86. The van der Waals surface area contributed by atoms with E-state index < -0.39 is 5.82 Å². The molecule has 0 aliphatic carbocycles. The van der Waals surface area contributed by atoms with E-state index in [1.54, 1.807) is 12.1 Å². The van der Waals surface area contributed by atoms with Crippen molar-refractivity contribution in [1.82, 2.24) is 0 Å². The van der Waals surface area contributed by atoms with Crippen LogP contribution in [-0.4, -0.2) is 16.7 Å². The van der Waals surface area contributed by atoms with Crippen LogP contribution in [0.15, 0.2) is 83.5 Å². The first kappa shape index (κ1) is 22.2. The molecule has 3 aromatic rings. The first-order valence-electron chi connectivity index (χ1n) is 10.1. The molecule has 7 heteroatoms. The monoisotopic (exact) mass is 468 g/mol. The molecule has 1 aliphatic heterocycles. The predicted molar refractivity (Wildman–Crippen MR) is 131 cm³/mol. The summed E-state index contributed by atoms with van der Waals surface area (Å²) in [5.41, 5.74) is 2.33. The van der Waals surface area contributed by atoms with Gasteiger partial charge in [-0.15, -0.1) is 0 Å². The summed E-state index contributed by atoms with van der Waals surface area (Å²) in [4.78, 5) is 4.66. The zero-order chi connectivity index (χ0) is 22.5. The van der Waals surface area contributed by atoms with Gasteiger partial charge in [0, 0.05) is 16.8 Å². The number of aliphatic imine (C=N–C) groups is 1. The van der Waals surface area contributed by atoms with Crippen molar-refractivity contribution >= 4 is 40.4 Å². The molecule has 0 saturated heterocycles. The Morgan fingerprint density at radius 3 is 2.50 bits per heavy atom. The van der Waals surface area contributed by atoms with Crippen LogP contribution in [0.5, 0.6) is 11.5 Å². The Morgan fingerprint density at radius 2 is 1.81 bits per heavy atom.